The number of aromatic nitrogens is 3. The molecule has 3 rings (SSSR count). The molecule has 0 saturated heterocycles. The molecule has 134 valence electrons. The number of aromatic amines is 1. The SMILES string of the molecule is O=C(NC1CCc2n[nH]c(=O)n2CC1)c1ccc(C(F)(F)F)c(F)c1. The summed E-state index contributed by atoms with van der Waals surface area (Å²) in [5, 5.41) is 8.90. The van der Waals surface area contributed by atoms with Crippen molar-refractivity contribution < 1.29 is 22.4 Å². The molecule has 10 heteroatoms. The Hall–Kier alpha value is -2.65. The highest BCUT2D eigenvalue weighted by Gasteiger charge is 2.34. The van der Waals surface area contributed by atoms with Gasteiger partial charge in [-0.25, -0.2) is 14.3 Å². The quantitative estimate of drug-likeness (QED) is 0.805. The van der Waals surface area contributed by atoms with E-state index in [0.29, 0.717) is 43.8 Å². The highest BCUT2D eigenvalue weighted by Crippen LogP contribution is 2.31. The number of nitrogens with zero attached hydrogens (tertiary/aromatic N) is 2. The van der Waals surface area contributed by atoms with Crippen LogP contribution in [-0.4, -0.2) is 26.7 Å². The molecule has 0 aliphatic carbocycles. The van der Waals surface area contributed by atoms with Crippen LogP contribution in [0.2, 0.25) is 0 Å². The van der Waals surface area contributed by atoms with Gasteiger partial charge >= 0.3 is 11.9 Å². The molecule has 1 atom stereocenters. The Balaban J connectivity index is 1.69. The number of aryl methyl sites for hydroxylation is 1. The van der Waals surface area contributed by atoms with Gasteiger partial charge in [0.15, 0.2) is 0 Å². The molecule has 2 aromatic rings. The molecule has 0 bridgehead atoms. The van der Waals surface area contributed by atoms with Gasteiger partial charge in [0.1, 0.15) is 11.6 Å². The van der Waals surface area contributed by atoms with Gasteiger partial charge in [-0.05, 0) is 31.0 Å². The van der Waals surface area contributed by atoms with E-state index in [2.05, 4.69) is 15.5 Å². The first-order chi connectivity index (χ1) is 11.8. The van der Waals surface area contributed by atoms with Crippen molar-refractivity contribution in [2.24, 2.45) is 0 Å². The fourth-order valence-corrected chi connectivity index (χ4v) is 2.80. The number of carbonyl (C=O) groups is 1. The van der Waals surface area contributed by atoms with Gasteiger partial charge in [-0.2, -0.15) is 18.3 Å². The Morgan fingerprint density at radius 3 is 2.76 bits per heavy atom. The van der Waals surface area contributed by atoms with Crippen LogP contribution < -0.4 is 11.0 Å². The molecule has 1 amide bonds. The number of fused-ring (bicyclic) bond motifs is 1. The molecule has 0 saturated carbocycles. The summed E-state index contributed by atoms with van der Waals surface area (Å²) in [6.07, 6.45) is -3.38. The van der Waals surface area contributed by atoms with E-state index in [-0.39, 0.29) is 17.3 Å². The average molecular weight is 358 g/mol. The van der Waals surface area contributed by atoms with E-state index in [0.717, 1.165) is 6.07 Å². The van der Waals surface area contributed by atoms with Crippen LogP contribution in [0, 0.1) is 5.82 Å². The number of hydrogen-bond acceptors (Lipinski definition) is 3. The highest BCUT2D eigenvalue weighted by molar-refractivity contribution is 5.94. The standard InChI is InChI=1S/C15H14F4N4O2/c16-11-7-8(1-3-10(11)15(17,18)19)13(24)20-9-2-4-12-21-22-14(25)23(12)6-5-9/h1,3,7,9H,2,4-6H2,(H,20,24)(H,22,25). The number of halogens is 4. The molecule has 6 nitrogen and oxygen atoms in total. The molecule has 2 N–H and O–H groups in total. The van der Waals surface area contributed by atoms with Gasteiger partial charge in [-0.15, -0.1) is 0 Å². The Bertz CT molecular complexity index is 856. The van der Waals surface area contributed by atoms with Gasteiger partial charge in [0.2, 0.25) is 0 Å². The van der Waals surface area contributed by atoms with Crippen LogP contribution in [0.4, 0.5) is 17.6 Å². The minimum atomic E-state index is -4.81. The molecule has 0 spiro atoms. The number of benzene rings is 1. The third-order valence-electron chi connectivity index (χ3n) is 4.13. The van der Waals surface area contributed by atoms with Crippen molar-refractivity contribution in [2.75, 3.05) is 0 Å². The summed E-state index contributed by atoms with van der Waals surface area (Å²) in [6, 6.07) is 1.77. The van der Waals surface area contributed by atoms with Gasteiger partial charge in [-0.3, -0.25) is 9.36 Å². The third kappa shape index (κ3) is 3.57. The van der Waals surface area contributed by atoms with E-state index in [4.69, 9.17) is 0 Å². The Kier molecular flexibility index (Phi) is 4.36. The van der Waals surface area contributed by atoms with E-state index in [1.165, 1.54) is 4.57 Å². The van der Waals surface area contributed by atoms with Crippen LogP contribution in [0.15, 0.2) is 23.0 Å². The second-order valence-electron chi connectivity index (χ2n) is 5.79. The molecule has 1 aliphatic rings. The largest absolute Gasteiger partial charge is 0.419 e. The van der Waals surface area contributed by atoms with Gasteiger partial charge < -0.3 is 5.32 Å². The number of carbonyl (C=O) groups excluding carboxylic acids is 1. The van der Waals surface area contributed by atoms with Gasteiger partial charge in [-0.1, -0.05) is 0 Å². The van der Waals surface area contributed by atoms with Crippen molar-refractivity contribution in [3.8, 4) is 0 Å². The molecule has 1 aliphatic heterocycles. The first kappa shape index (κ1) is 17.2. The highest BCUT2D eigenvalue weighted by atomic mass is 19.4. The number of hydrogen-bond donors (Lipinski definition) is 2. The minimum absolute atomic E-state index is 0.190. The molecule has 2 heterocycles. The van der Waals surface area contributed by atoms with Gasteiger partial charge in [0, 0.05) is 24.6 Å². The van der Waals surface area contributed by atoms with Crippen LogP contribution in [-0.2, 0) is 19.1 Å². The topological polar surface area (TPSA) is 79.8 Å². The zero-order valence-electron chi connectivity index (χ0n) is 12.9. The maximum atomic E-state index is 13.6. The predicted octanol–water partition coefficient (Wildman–Crippen LogP) is 1.86. The summed E-state index contributed by atoms with van der Waals surface area (Å²) in [6.45, 7) is 0.358. The van der Waals surface area contributed by atoms with Crippen molar-refractivity contribution in [1.82, 2.24) is 20.1 Å². The normalized spacial score (nSPS) is 17.7. The summed E-state index contributed by atoms with van der Waals surface area (Å²) >= 11 is 0. The van der Waals surface area contributed by atoms with Gasteiger partial charge in [0.05, 0.1) is 5.56 Å². The number of rotatable bonds is 2. The molecular weight excluding hydrogens is 344 g/mol. The molecular formula is C15H14F4N4O2. The summed E-state index contributed by atoms with van der Waals surface area (Å²) in [5.74, 6) is -1.57. The molecule has 1 aromatic heterocycles. The lowest BCUT2D eigenvalue weighted by Gasteiger charge is -2.16. The minimum Gasteiger partial charge on any atom is -0.349 e. The van der Waals surface area contributed by atoms with Crippen molar-refractivity contribution >= 4 is 5.91 Å². The first-order valence-electron chi connectivity index (χ1n) is 7.57. The predicted molar refractivity (Wildman–Crippen MR) is 78.4 cm³/mol. The summed E-state index contributed by atoms with van der Waals surface area (Å²) < 4.78 is 52.7. The second-order valence-corrected chi connectivity index (χ2v) is 5.79. The zero-order valence-corrected chi connectivity index (χ0v) is 12.9. The van der Waals surface area contributed by atoms with Crippen LogP contribution in [0.25, 0.3) is 0 Å². The number of H-pyrrole nitrogens is 1. The van der Waals surface area contributed by atoms with Crippen LogP contribution in [0.3, 0.4) is 0 Å². The van der Waals surface area contributed by atoms with E-state index in [1.807, 2.05) is 0 Å². The van der Waals surface area contributed by atoms with E-state index in [1.54, 1.807) is 0 Å². The maximum absolute atomic E-state index is 13.6. The third-order valence-corrected chi connectivity index (χ3v) is 4.13. The molecule has 0 radical (unpaired) electrons. The van der Waals surface area contributed by atoms with E-state index < -0.39 is 23.5 Å². The van der Waals surface area contributed by atoms with E-state index in [9.17, 15) is 27.2 Å². The lowest BCUT2D eigenvalue weighted by molar-refractivity contribution is -0.140. The second kappa shape index (κ2) is 6.34. The average Bonchev–Trinajstić information content (AvgIpc) is 2.76. The zero-order chi connectivity index (χ0) is 18.2. The van der Waals surface area contributed by atoms with Gasteiger partial charge in [0.25, 0.3) is 5.91 Å². The smallest absolute Gasteiger partial charge is 0.349 e. The van der Waals surface area contributed by atoms with E-state index >= 15 is 0 Å². The van der Waals surface area contributed by atoms with Crippen molar-refractivity contribution in [3.05, 3.63) is 51.5 Å². The van der Waals surface area contributed by atoms with Crippen molar-refractivity contribution in [1.29, 1.82) is 0 Å². The Morgan fingerprint density at radius 2 is 2.08 bits per heavy atom. The Labute approximate surface area is 138 Å². The summed E-state index contributed by atoms with van der Waals surface area (Å²) in [5.41, 5.74) is -1.93. The number of nitrogens with one attached hydrogen (secondary N) is 2. The Morgan fingerprint density at radius 1 is 1.32 bits per heavy atom. The maximum Gasteiger partial charge on any atom is 0.419 e. The number of alkyl halides is 3. The van der Waals surface area contributed by atoms with Crippen molar-refractivity contribution in [3.63, 3.8) is 0 Å². The fraction of sp³-hybridized carbons (Fsp3) is 0.400. The number of amides is 1. The molecule has 25 heavy (non-hydrogen) atoms. The van der Waals surface area contributed by atoms with Crippen LogP contribution >= 0.6 is 0 Å². The first-order valence-corrected chi connectivity index (χ1v) is 7.57. The molecule has 1 unspecified atom stereocenters. The summed E-state index contributed by atoms with van der Waals surface area (Å²) in [7, 11) is 0. The molecule has 0 fully saturated rings. The van der Waals surface area contributed by atoms with Crippen molar-refractivity contribution in [2.45, 2.75) is 38.0 Å². The lowest BCUT2D eigenvalue weighted by atomic mass is 10.1. The van der Waals surface area contributed by atoms with Crippen LogP contribution in [0.5, 0.6) is 0 Å². The lowest BCUT2D eigenvalue weighted by Crippen LogP contribution is -2.35. The monoisotopic (exact) mass is 358 g/mol. The fourth-order valence-electron chi connectivity index (χ4n) is 2.80. The molecule has 1 aromatic carbocycles. The van der Waals surface area contributed by atoms with Crippen LogP contribution in [0.1, 0.15) is 34.6 Å². The summed E-state index contributed by atoms with van der Waals surface area (Å²) in [4.78, 5) is 23.7.